The highest BCUT2D eigenvalue weighted by Crippen LogP contribution is 2.29. The maximum Gasteiger partial charge on any atom is 0.203 e. The lowest BCUT2D eigenvalue weighted by atomic mass is 10.2. The van der Waals surface area contributed by atoms with Crippen molar-refractivity contribution >= 4 is 15.9 Å². The van der Waals surface area contributed by atoms with Crippen LogP contribution in [-0.2, 0) is 9.84 Å². The van der Waals surface area contributed by atoms with Gasteiger partial charge < -0.3 is 0 Å². The highest BCUT2D eigenvalue weighted by atomic mass is 32.2. The number of benzene rings is 1. The van der Waals surface area contributed by atoms with Crippen molar-refractivity contribution < 1.29 is 17.2 Å². The van der Waals surface area contributed by atoms with Gasteiger partial charge in [-0.2, -0.15) is 0 Å². The molecule has 0 saturated carbocycles. The molecule has 0 saturated heterocycles. The number of sulfone groups is 1. The van der Waals surface area contributed by atoms with E-state index in [1.54, 1.807) is 0 Å². The minimum Gasteiger partial charge on any atom is -0.219 e. The molecule has 1 aromatic rings. The van der Waals surface area contributed by atoms with Crippen molar-refractivity contribution in [2.45, 2.75) is 4.90 Å². The van der Waals surface area contributed by atoms with Gasteiger partial charge in [-0.1, -0.05) is 0 Å². The minimum absolute atomic E-state index is 0.0671. The standard InChI is InChI=1S/C8H4F2O2S/c9-6-3-5-1-2-13(11,12)8(5)7(10)4-6/h1-4H. The summed E-state index contributed by atoms with van der Waals surface area (Å²) in [5.41, 5.74) is 0.0671. The number of hydrogen-bond acceptors (Lipinski definition) is 2. The van der Waals surface area contributed by atoms with Crippen LogP contribution in [0.25, 0.3) is 6.08 Å². The zero-order valence-electron chi connectivity index (χ0n) is 6.29. The van der Waals surface area contributed by atoms with Gasteiger partial charge in [-0.15, -0.1) is 0 Å². The lowest BCUT2D eigenvalue weighted by Crippen LogP contribution is -1.98. The Labute approximate surface area is 73.4 Å². The monoisotopic (exact) mass is 202 g/mol. The second-order valence-electron chi connectivity index (χ2n) is 2.65. The fourth-order valence-corrected chi connectivity index (χ4v) is 2.48. The molecule has 1 aromatic carbocycles. The molecule has 0 unspecified atom stereocenters. The van der Waals surface area contributed by atoms with E-state index in [-0.39, 0.29) is 5.56 Å². The number of fused-ring (bicyclic) bond motifs is 1. The molecular formula is C8H4F2O2S. The molecule has 0 bridgehead atoms. The van der Waals surface area contributed by atoms with Gasteiger partial charge in [0, 0.05) is 17.0 Å². The van der Waals surface area contributed by atoms with Crippen molar-refractivity contribution in [1.82, 2.24) is 0 Å². The highest BCUT2D eigenvalue weighted by Gasteiger charge is 2.25. The zero-order valence-corrected chi connectivity index (χ0v) is 7.11. The van der Waals surface area contributed by atoms with Gasteiger partial charge in [0.1, 0.15) is 16.5 Å². The van der Waals surface area contributed by atoms with E-state index in [1.807, 2.05) is 0 Å². The largest absolute Gasteiger partial charge is 0.219 e. The van der Waals surface area contributed by atoms with Crippen LogP contribution in [0.15, 0.2) is 22.4 Å². The van der Waals surface area contributed by atoms with Gasteiger partial charge in [-0.3, -0.25) is 0 Å². The molecule has 2 rings (SSSR count). The summed E-state index contributed by atoms with van der Waals surface area (Å²) in [4.78, 5) is -0.436. The summed E-state index contributed by atoms with van der Waals surface area (Å²) >= 11 is 0. The first kappa shape index (κ1) is 8.37. The molecule has 0 spiro atoms. The summed E-state index contributed by atoms with van der Waals surface area (Å²) in [5, 5.41) is 0.861. The van der Waals surface area contributed by atoms with Crippen molar-refractivity contribution in [3.05, 3.63) is 34.7 Å². The van der Waals surface area contributed by atoms with Crippen LogP contribution in [0.5, 0.6) is 0 Å². The predicted octanol–water partition coefficient (Wildman–Crippen LogP) is 1.72. The molecule has 0 atom stereocenters. The van der Waals surface area contributed by atoms with Crippen molar-refractivity contribution in [2.75, 3.05) is 0 Å². The Morgan fingerprint density at radius 1 is 1.15 bits per heavy atom. The van der Waals surface area contributed by atoms with Gasteiger partial charge in [0.05, 0.1) is 0 Å². The summed E-state index contributed by atoms with van der Waals surface area (Å²) in [6.07, 6.45) is 1.18. The van der Waals surface area contributed by atoms with E-state index in [9.17, 15) is 17.2 Å². The summed E-state index contributed by atoms with van der Waals surface area (Å²) in [5.74, 6) is -1.82. The molecule has 1 aliphatic heterocycles. The van der Waals surface area contributed by atoms with E-state index in [0.717, 1.165) is 11.5 Å². The average Bonchev–Trinajstić information content (AvgIpc) is 2.26. The smallest absolute Gasteiger partial charge is 0.203 e. The first-order valence-corrected chi connectivity index (χ1v) is 4.97. The lowest BCUT2D eigenvalue weighted by Gasteiger charge is -1.99. The van der Waals surface area contributed by atoms with Crippen molar-refractivity contribution in [1.29, 1.82) is 0 Å². The van der Waals surface area contributed by atoms with Gasteiger partial charge in [0.25, 0.3) is 0 Å². The first-order chi connectivity index (χ1) is 6.00. The van der Waals surface area contributed by atoms with Crippen molar-refractivity contribution in [3.8, 4) is 0 Å². The third-order valence-corrected chi connectivity index (χ3v) is 3.24. The average molecular weight is 202 g/mol. The Morgan fingerprint density at radius 3 is 2.54 bits per heavy atom. The van der Waals surface area contributed by atoms with Crippen LogP contribution in [0.2, 0.25) is 0 Å². The van der Waals surface area contributed by atoms with Gasteiger partial charge >= 0.3 is 0 Å². The van der Waals surface area contributed by atoms with Gasteiger partial charge in [0.15, 0.2) is 0 Å². The Balaban J connectivity index is 2.86. The van der Waals surface area contributed by atoms with Crippen LogP contribution in [0.1, 0.15) is 5.56 Å². The Hall–Kier alpha value is -1.23. The molecule has 2 nitrogen and oxygen atoms in total. The lowest BCUT2D eigenvalue weighted by molar-refractivity contribution is 0.552. The van der Waals surface area contributed by atoms with E-state index in [0.29, 0.717) is 6.07 Å². The Morgan fingerprint density at radius 2 is 1.85 bits per heavy atom. The van der Waals surface area contributed by atoms with Crippen molar-refractivity contribution in [3.63, 3.8) is 0 Å². The van der Waals surface area contributed by atoms with Crippen LogP contribution in [0.3, 0.4) is 0 Å². The van der Waals surface area contributed by atoms with Crippen molar-refractivity contribution in [2.24, 2.45) is 0 Å². The first-order valence-electron chi connectivity index (χ1n) is 3.43. The second-order valence-corrected chi connectivity index (χ2v) is 4.42. The summed E-state index contributed by atoms with van der Waals surface area (Å²) in [6, 6.07) is 1.54. The number of hydrogen-bond donors (Lipinski definition) is 0. The van der Waals surface area contributed by atoms with E-state index in [4.69, 9.17) is 0 Å². The van der Waals surface area contributed by atoms with Crippen LogP contribution in [0, 0.1) is 11.6 Å². The fraction of sp³-hybridized carbons (Fsp3) is 0. The molecule has 13 heavy (non-hydrogen) atoms. The Kier molecular flexibility index (Phi) is 1.53. The highest BCUT2D eigenvalue weighted by molar-refractivity contribution is 7.94. The second kappa shape index (κ2) is 2.38. The van der Waals surface area contributed by atoms with E-state index < -0.39 is 26.4 Å². The normalized spacial score (nSPS) is 17.4. The maximum absolute atomic E-state index is 13.0. The minimum atomic E-state index is -3.68. The van der Waals surface area contributed by atoms with Crippen LogP contribution >= 0.6 is 0 Å². The number of halogens is 2. The molecule has 0 radical (unpaired) electrons. The molecule has 0 fully saturated rings. The summed E-state index contributed by atoms with van der Waals surface area (Å²) in [7, 11) is -3.68. The topological polar surface area (TPSA) is 34.1 Å². The molecule has 0 aromatic heterocycles. The molecule has 0 N–H and O–H groups in total. The number of rotatable bonds is 0. The molecule has 68 valence electrons. The van der Waals surface area contributed by atoms with E-state index in [1.165, 1.54) is 6.08 Å². The van der Waals surface area contributed by atoms with Crippen LogP contribution < -0.4 is 0 Å². The van der Waals surface area contributed by atoms with Crippen LogP contribution in [-0.4, -0.2) is 8.42 Å². The van der Waals surface area contributed by atoms with Gasteiger partial charge in [0.2, 0.25) is 9.84 Å². The summed E-state index contributed by atoms with van der Waals surface area (Å²) < 4.78 is 47.9. The molecule has 1 heterocycles. The summed E-state index contributed by atoms with van der Waals surface area (Å²) in [6.45, 7) is 0. The predicted molar refractivity (Wildman–Crippen MR) is 42.6 cm³/mol. The Bertz CT molecular complexity index is 503. The molecule has 1 aliphatic rings. The van der Waals surface area contributed by atoms with Gasteiger partial charge in [-0.25, -0.2) is 17.2 Å². The fourth-order valence-electron chi connectivity index (χ4n) is 1.24. The van der Waals surface area contributed by atoms with E-state index in [2.05, 4.69) is 0 Å². The van der Waals surface area contributed by atoms with Crippen LogP contribution in [0.4, 0.5) is 8.78 Å². The maximum atomic E-state index is 13.0. The molecule has 0 amide bonds. The van der Waals surface area contributed by atoms with Gasteiger partial charge in [-0.05, 0) is 12.1 Å². The third-order valence-electron chi connectivity index (χ3n) is 1.75. The molecule has 5 heteroatoms. The molecular weight excluding hydrogens is 198 g/mol. The SMILES string of the molecule is O=S1(=O)C=Cc2cc(F)cc(F)c21. The van der Waals surface area contributed by atoms with E-state index >= 15 is 0 Å². The third kappa shape index (κ3) is 1.16. The zero-order chi connectivity index (χ0) is 9.64. The molecule has 0 aliphatic carbocycles. The quantitative estimate of drug-likeness (QED) is 0.600.